The molecule has 4 rings (SSSR count). The van der Waals surface area contributed by atoms with Gasteiger partial charge in [0.25, 0.3) is 5.56 Å². The molecule has 0 spiro atoms. The van der Waals surface area contributed by atoms with Gasteiger partial charge in [0, 0.05) is 6.54 Å². The fourth-order valence-electron chi connectivity index (χ4n) is 3.14. The minimum Gasteiger partial charge on any atom is -0.461 e. The number of hydrogen-bond acceptors (Lipinski definition) is 4. The molecule has 5 nitrogen and oxygen atoms in total. The third kappa shape index (κ3) is 4.41. The van der Waals surface area contributed by atoms with Crippen molar-refractivity contribution in [3.05, 3.63) is 101 Å². The number of rotatable bonds is 6. The highest BCUT2D eigenvalue weighted by Crippen LogP contribution is 2.19. The van der Waals surface area contributed by atoms with Gasteiger partial charge in [-0.15, -0.1) is 0 Å². The number of benzene rings is 3. The number of fused-ring (bicyclic) bond motifs is 1. The minimum absolute atomic E-state index is 0.113. The number of carbonyl (C=O) groups excluding carboxylic acids is 1. The summed E-state index contributed by atoms with van der Waals surface area (Å²) in [4.78, 5) is 28.8. The SMILES string of the molecule is O=C(CCn1cnc2ccccc2c1=O)OCc1ccc(-c2ccccc2)cc1. The van der Waals surface area contributed by atoms with E-state index in [2.05, 4.69) is 17.1 Å². The molecule has 1 heterocycles. The molecule has 0 radical (unpaired) electrons. The van der Waals surface area contributed by atoms with Crippen LogP contribution in [-0.2, 0) is 22.7 Å². The van der Waals surface area contributed by atoms with E-state index < -0.39 is 0 Å². The van der Waals surface area contributed by atoms with E-state index in [9.17, 15) is 9.59 Å². The van der Waals surface area contributed by atoms with E-state index in [-0.39, 0.29) is 31.1 Å². The third-order valence-corrected chi connectivity index (χ3v) is 4.75. The average molecular weight is 384 g/mol. The molecule has 5 heteroatoms. The van der Waals surface area contributed by atoms with Crippen LogP contribution in [0.5, 0.6) is 0 Å². The van der Waals surface area contributed by atoms with Crippen LogP contribution in [0.15, 0.2) is 90.0 Å². The molecular formula is C24H20N2O3. The minimum atomic E-state index is -0.350. The molecule has 1 aromatic heterocycles. The molecule has 0 saturated heterocycles. The van der Waals surface area contributed by atoms with Crippen molar-refractivity contribution in [3.8, 4) is 11.1 Å². The summed E-state index contributed by atoms with van der Waals surface area (Å²) in [5.41, 5.74) is 3.67. The van der Waals surface area contributed by atoms with E-state index in [4.69, 9.17) is 4.74 Å². The highest BCUT2D eigenvalue weighted by molar-refractivity contribution is 5.77. The molecule has 0 aliphatic rings. The standard InChI is InChI=1S/C24H20N2O3/c27-23(14-15-26-17-25-22-9-5-4-8-21(22)24(26)28)29-16-18-10-12-20(13-11-18)19-6-2-1-3-7-19/h1-13,17H,14-16H2. The van der Waals surface area contributed by atoms with Crippen LogP contribution in [0.4, 0.5) is 0 Å². The van der Waals surface area contributed by atoms with Crippen molar-refractivity contribution in [1.29, 1.82) is 0 Å². The molecule has 0 aliphatic carbocycles. The lowest BCUT2D eigenvalue weighted by Crippen LogP contribution is -2.22. The van der Waals surface area contributed by atoms with Gasteiger partial charge in [0.1, 0.15) is 6.61 Å². The summed E-state index contributed by atoms with van der Waals surface area (Å²) in [5, 5.41) is 0.543. The largest absolute Gasteiger partial charge is 0.461 e. The van der Waals surface area contributed by atoms with Gasteiger partial charge in [-0.25, -0.2) is 4.98 Å². The number of para-hydroxylation sites is 1. The van der Waals surface area contributed by atoms with Gasteiger partial charge in [0.05, 0.1) is 23.7 Å². The van der Waals surface area contributed by atoms with Crippen molar-refractivity contribution in [1.82, 2.24) is 9.55 Å². The number of hydrogen-bond donors (Lipinski definition) is 0. The quantitative estimate of drug-likeness (QED) is 0.468. The van der Waals surface area contributed by atoms with Gasteiger partial charge in [-0.05, 0) is 28.8 Å². The monoisotopic (exact) mass is 384 g/mol. The van der Waals surface area contributed by atoms with E-state index in [1.54, 1.807) is 18.2 Å². The zero-order valence-electron chi connectivity index (χ0n) is 15.8. The van der Waals surface area contributed by atoms with Crippen molar-refractivity contribution in [3.63, 3.8) is 0 Å². The fraction of sp³-hybridized carbons (Fsp3) is 0.125. The van der Waals surface area contributed by atoms with Gasteiger partial charge in [-0.1, -0.05) is 66.7 Å². The zero-order valence-corrected chi connectivity index (χ0v) is 15.8. The molecule has 0 N–H and O–H groups in total. The van der Waals surface area contributed by atoms with Crippen LogP contribution in [0.3, 0.4) is 0 Å². The van der Waals surface area contributed by atoms with Crippen LogP contribution < -0.4 is 5.56 Å². The number of aromatic nitrogens is 2. The van der Waals surface area contributed by atoms with E-state index >= 15 is 0 Å². The molecule has 0 unspecified atom stereocenters. The van der Waals surface area contributed by atoms with Gasteiger partial charge < -0.3 is 4.74 Å². The number of ether oxygens (including phenoxy) is 1. The molecule has 4 aromatic rings. The molecule has 29 heavy (non-hydrogen) atoms. The third-order valence-electron chi connectivity index (χ3n) is 4.75. The molecule has 0 atom stereocenters. The van der Waals surface area contributed by atoms with Crippen LogP contribution >= 0.6 is 0 Å². The summed E-state index contributed by atoms with van der Waals surface area (Å²) in [7, 11) is 0. The molecule has 3 aromatic carbocycles. The summed E-state index contributed by atoms with van der Waals surface area (Å²) in [6.45, 7) is 0.446. The van der Waals surface area contributed by atoms with Crippen molar-refractivity contribution >= 4 is 16.9 Å². The Labute approximate surface area is 168 Å². The van der Waals surface area contributed by atoms with Crippen LogP contribution in [-0.4, -0.2) is 15.5 Å². The van der Waals surface area contributed by atoms with E-state index in [0.29, 0.717) is 10.9 Å². The Hall–Kier alpha value is -3.73. The van der Waals surface area contributed by atoms with Crippen molar-refractivity contribution in [2.45, 2.75) is 19.6 Å². The van der Waals surface area contributed by atoms with Crippen molar-refractivity contribution in [2.24, 2.45) is 0 Å². The van der Waals surface area contributed by atoms with Gasteiger partial charge >= 0.3 is 5.97 Å². The number of aryl methyl sites for hydroxylation is 1. The fourth-order valence-corrected chi connectivity index (χ4v) is 3.14. The predicted molar refractivity (Wildman–Crippen MR) is 112 cm³/mol. The van der Waals surface area contributed by atoms with Crippen molar-refractivity contribution in [2.75, 3.05) is 0 Å². The second kappa shape index (κ2) is 8.52. The Morgan fingerprint density at radius 2 is 1.55 bits per heavy atom. The first-order valence-corrected chi connectivity index (χ1v) is 9.45. The average Bonchev–Trinajstić information content (AvgIpc) is 2.78. The Morgan fingerprint density at radius 3 is 2.34 bits per heavy atom. The van der Waals surface area contributed by atoms with Gasteiger partial charge in [-0.3, -0.25) is 14.2 Å². The summed E-state index contributed by atoms with van der Waals surface area (Å²) < 4.78 is 6.79. The topological polar surface area (TPSA) is 61.2 Å². The van der Waals surface area contributed by atoms with Crippen LogP contribution in [0.25, 0.3) is 22.0 Å². The highest BCUT2D eigenvalue weighted by atomic mass is 16.5. The number of esters is 1. The summed E-state index contributed by atoms with van der Waals surface area (Å²) in [6.07, 6.45) is 1.59. The second-order valence-electron chi connectivity index (χ2n) is 6.73. The van der Waals surface area contributed by atoms with Crippen LogP contribution in [0.1, 0.15) is 12.0 Å². The van der Waals surface area contributed by atoms with E-state index in [1.165, 1.54) is 10.9 Å². The maximum absolute atomic E-state index is 12.4. The Bertz CT molecular complexity index is 1180. The van der Waals surface area contributed by atoms with Gasteiger partial charge in [-0.2, -0.15) is 0 Å². The normalized spacial score (nSPS) is 10.8. The molecule has 0 saturated carbocycles. The Kier molecular flexibility index (Phi) is 5.47. The predicted octanol–water partition coefficient (Wildman–Crippen LogP) is 4.20. The molecule has 0 bridgehead atoms. The van der Waals surface area contributed by atoms with Crippen LogP contribution in [0, 0.1) is 0 Å². The lowest BCUT2D eigenvalue weighted by Gasteiger charge is -2.08. The maximum Gasteiger partial charge on any atom is 0.307 e. The number of nitrogens with zero attached hydrogens (tertiary/aromatic N) is 2. The maximum atomic E-state index is 12.4. The number of carbonyl (C=O) groups is 1. The Balaban J connectivity index is 1.32. The van der Waals surface area contributed by atoms with E-state index in [1.807, 2.05) is 48.5 Å². The first-order chi connectivity index (χ1) is 14.2. The van der Waals surface area contributed by atoms with E-state index in [0.717, 1.165) is 16.7 Å². The first kappa shape index (κ1) is 18.6. The lowest BCUT2D eigenvalue weighted by molar-refractivity contribution is -0.145. The summed E-state index contributed by atoms with van der Waals surface area (Å²) in [5.74, 6) is -0.350. The zero-order chi connectivity index (χ0) is 20.1. The highest BCUT2D eigenvalue weighted by Gasteiger charge is 2.08. The second-order valence-corrected chi connectivity index (χ2v) is 6.73. The summed E-state index contributed by atoms with van der Waals surface area (Å²) in [6, 6.07) is 25.2. The molecule has 0 fully saturated rings. The molecule has 144 valence electrons. The summed E-state index contributed by atoms with van der Waals surface area (Å²) >= 11 is 0. The van der Waals surface area contributed by atoms with Gasteiger partial charge in [0.2, 0.25) is 0 Å². The van der Waals surface area contributed by atoms with Gasteiger partial charge in [0.15, 0.2) is 0 Å². The Morgan fingerprint density at radius 1 is 0.862 bits per heavy atom. The van der Waals surface area contributed by atoms with Crippen LogP contribution in [0.2, 0.25) is 0 Å². The first-order valence-electron chi connectivity index (χ1n) is 9.45. The molecule has 0 amide bonds. The van der Waals surface area contributed by atoms with Crippen molar-refractivity contribution < 1.29 is 9.53 Å². The molecule has 0 aliphatic heterocycles. The smallest absolute Gasteiger partial charge is 0.307 e. The molecular weight excluding hydrogens is 364 g/mol. The lowest BCUT2D eigenvalue weighted by atomic mass is 10.0.